The molecule has 136 valence electrons. The number of likely N-dealkylation sites (tertiary alicyclic amines) is 1. The van der Waals surface area contributed by atoms with Crippen LogP contribution in [0.5, 0.6) is 0 Å². The molecule has 0 spiro atoms. The van der Waals surface area contributed by atoms with Crippen molar-refractivity contribution >= 4 is 29.2 Å². The SMILES string of the molecule is O=C(NNC(=O)C1CC[NH+](C/C=C/c2ccccc2)CC1)c1cccs1. The molecule has 1 fully saturated rings. The predicted octanol–water partition coefficient (Wildman–Crippen LogP) is 1.52. The van der Waals surface area contributed by atoms with Crippen LogP contribution in [0.4, 0.5) is 0 Å². The summed E-state index contributed by atoms with van der Waals surface area (Å²) in [6.07, 6.45) is 6.03. The number of thiophene rings is 1. The number of benzene rings is 1. The fraction of sp³-hybridized carbons (Fsp3) is 0.300. The first-order valence-electron chi connectivity index (χ1n) is 8.91. The second-order valence-corrected chi connectivity index (χ2v) is 7.41. The highest BCUT2D eigenvalue weighted by Gasteiger charge is 2.27. The molecule has 26 heavy (non-hydrogen) atoms. The minimum absolute atomic E-state index is 0.0273. The normalized spacial score (nSPS) is 20.0. The van der Waals surface area contributed by atoms with E-state index in [-0.39, 0.29) is 17.7 Å². The fourth-order valence-electron chi connectivity index (χ4n) is 3.11. The minimum Gasteiger partial charge on any atom is -0.332 e. The number of hydrazine groups is 1. The monoisotopic (exact) mass is 370 g/mol. The van der Waals surface area contributed by atoms with Crippen molar-refractivity contribution < 1.29 is 14.5 Å². The van der Waals surface area contributed by atoms with Gasteiger partial charge in [0, 0.05) is 12.8 Å². The molecule has 1 aromatic carbocycles. The maximum atomic E-state index is 12.2. The van der Waals surface area contributed by atoms with E-state index in [2.05, 4.69) is 35.1 Å². The van der Waals surface area contributed by atoms with Gasteiger partial charge >= 0.3 is 0 Å². The van der Waals surface area contributed by atoms with Gasteiger partial charge in [-0.3, -0.25) is 20.4 Å². The van der Waals surface area contributed by atoms with Gasteiger partial charge in [-0.15, -0.1) is 11.3 Å². The molecule has 0 radical (unpaired) electrons. The van der Waals surface area contributed by atoms with Crippen molar-refractivity contribution in [3.05, 3.63) is 64.4 Å². The maximum Gasteiger partial charge on any atom is 0.279 e. The number of piperidine rings is 1. The number of hydrogen-bond donors (Lipinski definition) is 3. The van der Waals surface area contributed by atoms with Crippen molar-refractivity contribution in [3.63, 3.8) is 0 Å². The van der Waals surface area contributed by atoms with E-state index < -0.39 is 0 Å². The molecule has 3 N–H and O–H groups in total. The van der Waals surface area contributed by atoms with E-state index in [4.69, 9.17) is 0 Å². The van der Waals surface area contributed by atoms with Gasteiger partial charge in [-0.1, -0.05) is 42.5 Å². The highest BCUT2D eigenvalue weighted by Crippen LogP contribution is 2.10. The summed E-state index contributed by atoms with van der Waals surface area (Å²) in [5.74, 6) is -0.378. The highest BCUT2D eigenvalue weighted by molar-refractivity contribution is 7.12. The van der Waals surface area contributed by atoms with Crippen LogP contribution in [0, 0.1) is 5.92 Å². The van der Waals surface area contributed by atoms with Crippen molar-refractivity contribution in [2.24, 2.45) is 5.92 Å². The summed E-state index contributed by atoms with van der Waals surface area (Å²) < 4.78 is 0. The number of nitrogens with one attached hydrogen (secondary N) is 3. The highest BCUT2D eigenvalue weighted by atomic mass is 32.1. The van der Waals surface area contributed by atoms with Gasteiger partial charge in [-0.05, 0) is 23.1 Å². The zero-order chi connectivity index (χ0) is 18.2. The standard InChI is InChI=1S/C20H23N3O2S/c24-19(21-22-20(25)18-9-5-15-26-18)17-10-13-23(14-11-17)12-4-8-16-6-2-1-3-7-16/h1-9,15,17H,10-14H2,(H,21,24)(H,22,25)/p+1/b8-4+. The molecular weight excluding hydrogens is 346 g/mol. The Morgan fingerprint density at radius 1 is 1.08 bits per heavy atom. The van der Waals surface area contributed by atoms with Gasteiger partial charge in [0.05, 0.1) is 30.4 Å². The summed E-state index contributed by atoms with van der Waals surface area (Å²) in [5, 5.41) is 1.83. The molecule has 5 nitrogen and oxygen atoms in total. The lowest BCUT2D eigenvalue weighted by Gasteiger charge is -2.27. The van der Waals surface area contributed by atoms with Crippen molar-refractivity contribution in [1.29, 1.82) is 0 Å². The lowest BCUT2D eigenvalue weighted by molar-refractivity contribution is -0.899. The van der Waals surface area contributed by atoms with Crippen LogP contribution in [0.25, 0.3) is 6.08 Å². The van der Waals surface area contributed by atoms with Gasteiger partial charge in [0.25, 0.3) is 5.91 Å². The molecule has 0 unspecified atom stereocenters. The number of hydrogen-bond acceptors (Lipinski definition) is 3. The first-order valence-corrected chi connectivity index (χ1v) is 9.79. The number of amides is 2. The van der Waals surface area contributed by atoms with Gasteiger partial charge < -0.3 is 4.90 Å². The Bertz CT molecular complexity index is 736. The van der Waals surface area contributed by atoms with Crippen molar-refractivity contribution in [3.8, 4) is 0 Å². The molecule has 1 aromatic heterocycles. The molecule has 6 heteroatoms. The fourth-order valence-corrected chi connectivity index (χ4v) is 3.73. The van der Waals surface area contributed by atoms with Crippen molar-refractivity contribution in [2.75, 3.05) is 19.6 Å². The van der Waals surface area contributed by atoms with E-state index >= 15 is 0 Å². The molecule has 1 aliphatic heterocycles. The summed E-state index contributed by atoms with van der Waals surface area (Å²) >= 11 is 1.35. The van der Waals surface area contributed by atoms with Crippen LogP contribution in [0.15, 0.2) is 53.9 Å². The van der Waals surface area contributed by atoms with Crippen LogP contribution in [-0.2, 0) is 4.79 Å². The van der Waals surface area contributed by atoms with Crippen LogP contribution in [0.2, 0.25) is 0 Å². The molecular formula is C20H24N3O2S+. The molecule has 2 aromatic rings. The molecule has 0 saturated carbocycles. The van der Waals surface area contributed by atoms with Crippen LogP contribution < -0.4 is 15.8 Å². The van der Waals surface area contributed by atoms with Crippen LogP contribution in [0.1, 0.15) is 28.1 Å². The molecule has 2 heterocycles. The Balaban J connectivity index is 1.37. The molecule has 3 rings (SSSR count). The number of rotatable bonds is 5. The minimum atomic E-state index is -0.262. The molecule has 1 aliphatic rings. The zero-order valence-corrected chi connectivity index (χ0v) is 15.4. The van der Waals surface area contributed by atoms with Crippen molar-refractivity contribution in [1.82, 2.24) is 10.9 Å². The Kier molecular flexibility index (Phi) is 6.57. The Labute approximate surface area is 157 Å². The average Bonchev–Trinajstić information content (AvgIpc) is 3.22. The summed E-state index contributed by atoms with van der Waals surface area (Å²) in [4.78, 5) is 26.2. The average molecular weight is 370 g/mol. The number of carbonyl (C=O) groups is 2. The second-order valence-electron chi connectivity index (χ2n) is 6.46. The quantitative estimate of drug-likeness (QED) is 0.699. The first-order chi connectivity index (χ1) is 12.7. The smallest absolute Gasteiger partial charge is 0.279 e. The van der Waals surface area contributed by atoms with Gasteiger partial charge in [-0.25, -0.2) is 0 Å². The number of quaternary nitrogens is 1. The van der Waals surface area contributed by atoms with Crippen molar-refractivity contribution in [2.45, 2.75) is 12.8 Å². The van der Waals surface area contributed by atoms with Gasteiger partial charge in [-0.2, -0.15) is 0 Å². The van der Waals surface area contributed by atoms with Gasteiger partial charge in [0.15, 0.2) is 0 Å². The maximum absolute atomic E-state index is 12.2. The first kappa shape index (κ1) is 18.4. The summed E-state index contributed by atoms with van der Waals surface area (Å²) in [5.41, 5.74) is 6.28. The van der Waals surface area contributed by atoms with E-state index in [1.165, 1.54) is 21.8 Å². The summed E-state index contributed by atoms with van der Waals surface area (Å²) in [7, 11) is 0. The lowest BCUT2D eigenvalue weighted by atomic mass is 9.96. The summed E-state index contributed by atoms with van der Waals surface area (Å²) in [6.45, 7) is 2.91. The van der Waals surface area contributed by atoms with E-state index in [0.29, 0.717) is 4.88 Å². The Morgan fingerprint density at radius 2 is 1.85 bits per heavy atom. The Hall–Kier alpha value is -2.44. The largest absolute Gasteiger partial charge is 0.332 e. The third kappa shape index (κ3) is 5.28. The number of carbonyl (C=O) groups excluding carboxylic acids is 2. The van der Waals surface area contributed by atoms with E-state index in [1.807, 2.05) is 29.6 Å². The van der Waals surface area contributed by atoms with E-state index in [9.17, 15) is 9.59 Å². The topological polar surface area (TPSA) is 62.6 Å². The molecule has 0 atom stereocenters. The second kappa shape index (κ2) is 9.31. The van der Waals surface area contributed by atoms with Crippen LogP contribution in [-0.4, -0.2) is 31.4 Å². The lowest BCUT2D eigenvalue weighted by Crippen LogP contribution is -3.13. The van der Waals surface area contributed by atoms with Crippen LogP contribution in [0.3, 0.4) is 0 Å². The molecule has 1 saturated heterocycles. The third-order valence-corrected chi connectivity index (χ3v) is 5.49. The van der Waals surface area contributed by atoms with E-state index in [1.54, 1.807) is 6.07 Å². The zero-order valence-electron chi connectivity index (χ0n) is 14.6. The molecule has 0 aliphatic carbocycles. The predicted molar refractivity (Wildman–Crippen MR) is 104 cm³/mol. The van der Waals surface area contributed by atoms with Crippen LogP contribution >= 0.6 is 11.3 Å². The summed E-state index contributed by atoms with van der Waals surface area (Å²) in [6, 6.07) is 13.8. The van der Waals surface area contributed by atoms with E-state index in [0.717, 1.165) is 32.5 Å². The molecule has 0 bridgehead atoms. The molecule has 2 amide bonds. The Morgan fingerprint density at radius 3 is 2.54 bits per heavy atom. The third-order valence-electron chi connectivity index (χ3n) is 4.62. The van der Waals surface area contributed by atoms with Gasteiger partial charge in [0.1, 0.15) is 0 Å². The van der Waals surface area contributed by atoms with Gasteiger partial charge in [0.2, 0.25) is 5.91 Å².